The summed E-state index contributed by atoms with van der Waals surface area (Å²) in [6.07, 6.45) is 1.10. The molecule has 1 aromatic heterocycles. The molecule has 9 heteroatoms. The predicted molar refractivity (Wildman–Crippen MR) is 101 cm³/mol. The topological polar surface area (TPSA) is 76.9 Å². The Balaban J connectivity index is 1.63. The van der Waals surface area contributed by atoms with Gasteiger partial charge in [0, 0.05) is 39.0 Å². The second kappa shape index (κ2) is 6.56. The summed E-state index contributed by atoms with van der Waals surface area (Å²) in [5.74, 6) is -3.05. The van der Waals surface area contributed by atoms with Crippen LogP contribution in [-0.4, -0.2) is 52.9 Å². The molecule has 2 aliphatic heterocycles. The van der Waals surface area contributed by atoms with Crippen molar-refractivity contribution in [3.63, 3.8) is 0 Å². The van der Waals surface area contributed by atoms with Crippen LogP contribution in [0.15, 0.2) is 18.7 Å². The van der Waals surface area contributed by atoms with Gasteiger partial charge in [-0.25, -0.2) is 4.98 Å². The third kappa shape index (κ3) is 3.12. The number of halogens is 3. The number of aromatic nitrogens is 1. The fraction of sp³-hybridized carbons (Fsp3) is 0.579. The first-order valence-electron chi connectivity index (χ1n) is 9.24. The lowest BCUT2D eigenvalue weighted by Crippen LogP contribution is -2.59. The Morgan fingerprint density at radius 1 is 1.43 bits per heavy atom. The van der Waals surface area contributed by atoms with Crippen molar-refractivity contribution in [3.05, 3.63) is 29.4 Å². The lowest BCUT2D eigenvalue weighted by Gasteiger charge is -2.45. The SMILES string of the molecule is C=C[C@H]1[C@H](O)CN1c1cc(N2C[C@@H]3[C@@H](CC(=O)O)[C@@H]3C2)c(Cl)c(C(C)(F)F)n1. The lowest BCUT2D eigenvalue weighted by molar-refractivity contribution is -0.137. The summed E-state index contributed by atoms with van der Waals surface area (Å²) in [5, 5.41) is 18.8. The number of anilines is 2. The van der Waals surface area contributed by atoms with Gasteiger partial charge in [-0.05, 0) is 17.8 Å². The van der Waals surface area contributed by atoms with Crippen molar-refractivity contribution in [2.24, 2.45) is 17.8 Å². The highest BCUT2D eigenvalue weighted by Gasteiger charge is 2.56. The first kappa shape index (κ1) is 19.4. The summed E-state index contributed by atoms with van der Waals surface area (Å²) < 4.78 is 28.4. The summed E-state index contributed by atoms with van der Waals surface area (Å²) in [5.41, 5.74) is -0.0119. The van der Waals surface area contributed by atoms with E-state index in [1.54, 1.807) is 17.0 Å². The maximum Gasteiger partial charge on any atom is 0.303 e. The Morgan fingerprint density at radius 3 is 2.57 bits per heavy atom. The maximum atomic E-state index is 14.2. The van der Waals surface area contributed by atoms with Crippen molar-refractivity contribution < 1.29 is 23.8 Å². The van der Waals surface area contributed by atoms with Gasteiger partial charge < -0.3 is 20.0 Å². The van der Waals surface area contributed by atoms with Crippen molar-refractivity contribution in [1.29, 1.82) is 0 Å². The number of aliphatic carboxylic acids is 1. The molecule has 0 spiro atoms. The van der Waals surface area contributed by atoms with Crippen LogP contribution in [0.3, 0.4) is 0 Å². The van der Waals surface area contributed by atoms with Gasteiger partial charge in [-0.3, -0.25) is 4.79 Å². The summed E-state index contributed by atoms with van der Waals surface area (Å²) in [4.78, 5) is 18.7. The van der Waals surface area contributed by atoms with Crippen LogP contribution in [-0.2, 0) is 10.7 Å². The number of nitrogens with zero attached hydrogens (tertiary/aromatic N) is 3. The van der Waals surface area contributed by atoms with Crippen LogP contribution in [0.2, 0.25) is 5.02 Å². The van der Waals surface area contributed by atoms with Gasteiger partial charge in [-0.1, -0.05) is 17.7 Å². The van der Waals surface area contributed by atoms with E-state index >= 15 is 0 Å². The quantitative estimate of drug-likeness (QED) is 0.698. The van der Waals surface area contributed by atoms with Gasteiger partial charge in [-0.15, -0.1) is 6.58 Å². The first-order chi connectivity index (χ1) is 13.1. The number of pyridine rings is 1. The summed E-state index contributed by atoms with van der Waals surface area (Å²) in [6.45, 7) is 5.91. The summed E-state index contributed by atoms with van der Waals surface area (Å²) >= 11 is 6.33. The van der Waals surface area contributed by atoms with Gasteiger partial charge in [0.1, 0.15) is 11.5 Å². The number of alkyl halides is 2. The zero-order valence-corrected chi connectivity index (χ0v) is 16.1. The fourth-order valence-corrected chi connectivity index (χ4v) is 4.94. The van der Waals surface area contributed by atoms with Crippen molar-refractivity contribution in [1.82, 2.24) is 4.98 Å². The number of carboxylic acid groups (broad SMARTS) is 1. The number of aliphatic hydroxyl groups is 1. The highest BCUT2D eigenvalue weighted by molar-refractivity contribution is 6.34. The first-order valence-corrected chi connectivity index (χ1v) is 9.62. The smallest absolute Gasteiger partial charge is 0.303 e. The minimum absolute atomic E-state index is 0.0800. The third-order valence-corrected chi connectivity index (χ3v) is 6.51. The largest absolute Gasteiger partial charge is 0.481 e. The predicted octanol–water partition coefficient (Wildman–Crippen LogP) is 2.74. The number of fused-ring (bicyclic) bond motifs is 1. The Kier molecular flexibility index (Phi) is 4.54. The molecule has 0 radical (unpaired) electrons. The van der Waals surface area contributed by atoms with Gasteiger partial charge in [0.2, 0.25) is 0 Å². The van der Waals surface area contributed by atoms with Crippen LogP contribution >= 0.6 is 11.6 Å². The van der Waals surface area contributed by atoms with Gasteiger partial charge in [0.15, 0.2) is 0 Å². The van der Waals surface area contributed by atoms with E-state index in [1.807, 2.05) is 4.90 Å². The minimum Gasteiger partial charge on any atom is -0.481 e. The molecule has 0 amide bonds. The molecule has 28 heavy (non-hydrogen) atoms. The third-order valence-electron chi connectivity index (χ3n) is 6.14. The molecule has 3 heterocycles. The van der Waals surface area contributed by atoms with Gasteiger partial charge in [0.25, 0.3) is 5.92 Å². The molecule has 2 N–H and O–H groups in total. The van der Waals surface area contributed by atoms with Crippen LogP contribution < -0.4 is 9.80 Å². The Labute approximate surface area is 166 Å². The number of carboxylic acids is 1. The van der Waals surface area contributed by atoms with E-state index in [0.717, 1.165) is 6.92 Å². The molecule has 5 atom stereocenters. The standard InChI is InChI=1S/C19H22ClF2N3O3/c1-3-12-14(26)8-25(12)15-5-13(17(20)18(23-15)19(2,21)22)24-6-10-9(4-16(27)28)11(10)7-24/h3,5,9-12,14,26H,1,4,6-8H2,2H3,(H,27,28)/t9-,10-,11+,12-,14+/m0/s1. The average molecular weight is 414 g/mol. The molecular formula is C19H22ClF2N3O3. The molecule has 4 rings (SSSR count). The molecule has 3 fully saturated rings. The molecule has 0 unspecified atom stereocenters. The molecule has 6 nitrogen and oxygen atoms in total. The van der Waals surface area contributed by atoms with E-state index in [9.17, 15) is 18.7 Å². The highest BCUT2D eigenvalue weighted by atomic mass is 35.5. The Hall–Kier alpha value is -1.93. The summed E-state index contributed by atoms with van der Waals surface area (Å²) in [7, 11) is 0. The lowest BCUT2D eigenvalue weighted by atomic mass is 9.99. The molecule has 2 saturated heterocycles. The van der Waals surface area contributed by atoms with E-state index in [4.69, 9.17) is 16.7 Å². The second-order valence-electron chi connectivity index (χ2n) is 7.99. The molecule has 0 aromatic carbocycles. The molecule has 1 saturated carbocycles. The molecule has 1 aromatic rings. The number of aliphatic hydroxyl groups excluding tert-OH is 1. The van der Waals surface area contributed by atoms with Crippen LogP contribution in [0.1, 0.15) is 19.0 Å². The number of piperidine rings is 1. The van der Waals surface area contributed by atoms with Crippen LogP contribution in [0.25, 0.3) is 0 Å². The van der Waals surface area contributed by atoms with Crippen LogP contribution in [0.4, 0.5) is 20.3 Å². The van der Waals surface area contributed by atoms with E-state index < -0.39 is 23.7 Å². The zero-order chi connectivity index (χ0) is 20.4. The molecule has 1 aliphatic carbocycles. The van der Waals surface area contributed by atoms with Crippen molar-refractivity contribution in [2.75, 3.05) is 29.4 Å². The fourth-order valence-electron chi connectivity index (χ4n) is 4.55. The van der Waals surface area contributed by atoms with E-state index in [0.29, 0.717) is 24.6 Å². The molecule has 152 valence electrons. The van der Waals surface area contributed by atoms with Crippen molar-refractivity contribution in [2.45, 2.75) is 31.4 Å². The minimum atomic E-state index is -3.22. The van der Waals surface area contributed by atoms with Crippen molar-refractivity contribution >= 4 is 29.1 Å². The van der Waals surface area contributed by atoms with Gasteiger partial charge >= 0.3 is 5.97 Å². The number of hydrogen-bond donors (Lipinski definition) is 2. The van der Waals surface area contributed by atoms with Crippen LogP contribution in [0, 0.1) is 17.8 Å². The average Bonchev–Trinajstić information content (AvgIpc) is 3.02. The highest BCUT2D eigenvalue weighted by Crippen LogP contribution is 2.55. The number of hydrogen-bond acceptors (Lipinski definition) is 5. The van der Waals surface area contributed by atoms with Gasteiger partial charge in [0.05, 0.1) is 22.9 Å². The summed E-state index contributed by atoms with van der Waals surface area (Å²) in [6, 6.07) is 1.29. The van der Waals surface area contributed by atoms with E-state index in [-0.39, 0.29) is 41.8 Å². The van der Waals surface area contributed by atoms with Crippen LogP contribution in [0.5, 0.6) is 0 Å². The second-order valence-corrected chi connectivity index (χ2v) is 8.37. The molecule has 3 aliphatic rings. The Bertz CT molecular complexity index is 819. The zero-order valence-electron chi connectivity index (χ0n) is 15.4. The van der Waals surface area contributed by atoms with E-state index in [2.05, 4.69) is 11.6 Å². The molecule has 0 bridgehead atoms. The van der Waals surface area contributed by atoms with Crippen molar-refractivity contribution in [3.8, 4) is 0 Å². The number of rotatable bonds is 6. The Morgan fingerprint density at radius 2 is 2.07 bits per heavy atom. The number of carbonyl (C=O) groups is 1. The normalized spacial score (nSPS) is 31.4. The van der Waals surface area contributed by atoms with E-state index in [1.165, 1.54) is 0 Å². The maximum absolute atomic E-state index is 14.2. The number of β-amino-alcohol motifs (C(OH)–C–C–N with tert-alkyl or cyclic N) is 1. The van der Waals surface area contributed by atoms with Gasteiger partial charge in [-0.2, -0.15) is 8.78 Å². The molecular weight excluding hydrogens is 392 g/mol. The monoisotopic (exact) mass is 413 g/mol.